The molecule has 20 heteroatoms. The van der Waals surface area contributed by atoms with Crippen LogP contribution in [0.4, 0.5) is 0 Å². The van der Waals surface area contributed by atoms with E-state index in [1.54, 1.807) is 24.3 Å². The fourth-order valence-corrected chi connectivity index (χ4v) is 7.85. The smallest absolute Gasteiger partial charge is 0.246 e. The van der Waals surface area contributed by atoms with Gasteiger partial charge in [0.05, 0.1) is 29.4 Å². The van der Waals surface area contributed by atoms with Crippen LogP contribution in [-0.2, 0) is 40.0 Å². The van der Waals surface area contributed by atoms with Crippen molar-refractivity contribution in [3.8, 4) is 0 Å². The van der Waals surface area contributed by atoms with Crippen LogP contribution in [0.1, 0.15) is 46.1 Å². The first-order valence-electron chi connectivity index (χ1n) is 17.9. The third-order valence-corrected chi connectivity index (χ3v) is 11.0. The summed E-state index contributed by atoms with van der Waals surface area (Å²) in [6.45, 7) is 4.02. The number of para-hydroxylation sites is 1. The molecule has 0 spiro atoms. The first kappa shape index (κ1) is 41.4. The summed E-state index contributed by atoms with van der Waals surface area (Å²) in [4.78, 5) is 101. The van der Waals surface area contributed by atoms with Gasteiger partial charge in [0, 0.05) is 42.5 Å². The molecule has 2 aromatic rings. The molecule has 19 nitrogen and oxygen atoms in total. The summed E-state index contributed by atoms with van der Waals surface area (Å²) in [5.41, 5.74) is -0.741. The fourth-order valence-electron chi connectivity index (χ4n) is 6.74. The number of hydrogen-bond donors (Lipinski definition) is 11. The number of carbonyl (C=O) groups is 7. The molecule has 3 aliphatic heterocycles. The van der Waals surface area contributed by atoms with E-state index in [0.717, 1.165) is 16.7 Å². The third kappa shape index (κ3) is 9.55. The van der Waals surface area contributed by atoms with Crippen LogP contribution in [0.5, 0.6) is 0 Å². The van der Waals surface area contributed by atoms with Gasteiger partial charge in [-0.2, -0.15) is 0 Å². The molecular formula is C35H48N8O11S. The van der Waals surface area contributed by atoms with Crippen molar-refractivity contribution in [2.75, 3.05) is 18.9 Å². The molecule has 2 bridgehead atoms. The molecule has 1 fully saturated rings. The molecule has 10 atom stereocenters. The normalized spacial score (nSPS) is 30.8. The zero-order valence-corrected chi connectivity index (χ0v) is 31.6. The van der Waals surface area contributed by atoms with E-state index < -0.39 is 114 Å². The Labute approximate surface area is 320 Å². The Morgan fingerprint density at radius 2 is 1.49 bits per heavy atom. The Bertz CT molecular complexity index is 1840. The number of H-pyrrole nitrogens is 1. The largest absolute Gasteiger partial charge is 0.393 e. The summed E-state index contributed by atoms with van der Waals surface area (Å²) < 4.78 is 0. The minimum Gasteiger partial charge on any atom is -0.393 e. The minimum absolute atomic E-state index is 0.170. The van der Waals surface area contributed by atoms with Gasteiger partial charge in [-0.15, -0.1) is 11.8 Å². The van der Waals surface area contributed by atoms with Crippen molar-refractivity contribution in [2.24, 2.45) is 0 Å². The van der Waals surface area contributed by atoms with Gasteiger partial charge in [-0.05, 0) is 39.3 Å². The molecule has 0 saturated carbocycles. The van der Waals surface area contributed by atoms with Crippen LogP contribution in [0, 0.1) is 0 Å². The van der Waals surface area contributed by atoms with Gasteiger partial charge in [0.15, 0.2) is 0 Å². The molecule has 0 radical (unpaired) electrons. The fraction of sp³-hybridized carbons (Fsp3) is 0.571. The van der Waals surface area contributed by atoms with Crippen LogP contribution in [-0.4, -0.2) is 151 Å². The Hall–Kier alpha value is -4.76. The van der Waals surface area contributed by atoms with E-state index in [-0.39, 0.29) is 25.1 Å². The van der Waals surface area contributed by atoms with Crippen LogP contribution >= 0.6 is 11.8 Å². The molecule has 11 N–H and O–H groups in total. The Kier molecular flexibility index (Phi) is 12.8. The van der Waals surface area contributed by atoms with Crippen LogP contribution in [0.3, 0.4) is 0 Å². The number of rotatable bonds is 4. The van der Waals surface area contributed by atoms with E-state index in [1.807, 2.05) is 0 Å². The Morgan fingerprint density at radius 1 is 0.855 bits per heavy atom. The predicted octanol–water partition coefficient (Wildman–Crippen LogP) is -3.75. The molecule has 1 aromatic carbocycles. The molecule has 7 amide bonds. The molecule has 0 unspecified atom stereocenters. The third-order valence-electron chi connectivity index (χ3n) is 9.87. The molecule has 4 heterocycles. The standard InChI is InChI=1S/C35H48N8O11S/c1-15-27(47)38-22-10-20-19-7-5-6-8-21(19)41-33(20)55-13-24(34(53)43-12-18(46)9-25(43)31(51)37-15)40-32(52)26(17(3)45)42-28(48)16(2)36-30(50)23(39-29(22)49)11-35(4,54)14-44/h5-8,15-18,22-26,41,44-46,54H,9-14H2,1-4H3,(H,36,50)(H,37,51)(H,38,47)(H,39,49)(H,40,52)(H,42,48)/t15-,16+,17-,18+,22-,23+,24+,25+,26+,35-/m0/s1. The summed E-state index contributed by atoms with van der Waals surface area (Å²) in [5, 5.41) is 58.1. The number of aromatic amines is 1. The maximum absolute atomic E-state index is 14.3. The topological polar surface area (TPSA) is 292 Å². The molecule has 300 valence electrons. The van der Waals surface area contributed by atoms with Gasteiger partial charge in [-0.1, -0.05) is 18.2 Å². The zero-order valence-electron chi connectivity index (χ0n) is 30.8. The van der Waals surface area contributed by atoms with Crippen molar-refractivity contribution >= 4 is 64.0 Å². The van der Waals surface area contributed by atoms with Gasteiger partial charge in [-0.25, -0.2) is 0 Å². The summed E-state index contributed by atoms with van der Waals surface area (Å²) in [5.74, 6) is -6.26. The molecule has 1 saturated heterocycles. The Morgan fingerprint density at radius 3 is 2.16 bits per heavy atom. The second kappa shape index (κ2) is 16.9. The molecule has 0 aliphatic carbocycles. The van der Waals surface area contributed by atoms with Crippen molar-refractivity contribution < 1.29 is 54.0 Å². The molecular weight excluding hydrogens is 740 g/mol. The lowest BCUT2D eigenvalue weighted by molar-refractivity contribution is -0.142. The SMILES string of the molecule is C[C@@H]1NC(=O)[C@H]2C[C@@H](O)CN2C(=O)[C@H]2CSc3[nH]c4ccccc4c3C[C@H](NC1=O)C(=O)N[C@H](C[C@](C)(O)CO)C(=O)N[C@H](C)C(=O)N[C@H]([C@H](C)O)C(=O)N2. The van der Waals surface area contributed by atoms with Crippen LogP contribution in [0.2, 0.25) is 0 Å². The molecule has 3 aliphatic rings. The first-order chi connectivity index (χ1) is 25.9. The van der Waals surface area contributed by atoms with Crippen molar-refractivity contribution in [1.82, 2.24) is 41.8 Å². The Balaban J connectivity index is 1.69. The number of carbonyl (C=O) groups excluding carboxylic acids is 7. The number of aromatic nitrogens is 1. The van der Waals surface area contributed by atoms with E-state index in [1.165, 1.54) is 27.7 Å². The summed E-state index contributed by atoms with van der Waals surface area (Å²) in [7, 11) is 0. The number of nitrogens with zero attached hydrogens (tertiary/aromatic N) is 1. The van der Waals surface area contributed by atoms with Gasteiger partial charge in [0.25, 0.3) is 0 Å². The summed E-state index contributed by atoms with van der Waals surface area (Å²) in [6.07, 6.45) is -3.53. The highest BCUT2D eigenvalue weighted by molar-refractivity contribution is 7.99. The van der Waals surface area contributed by atoms with Crippen molar-refractivity contribution in [3.63, 3.8) is 0 Å². The lowest BCUT2D eigenvalue weighted by Crippen LogP contribution is -2.61. The number of amides is 7. The minimum atomic E-state index is -1.90. The van der Waals surface area contributed by atoms with Gasteiger partial charge in [0.2, 0.25) is 41.4 Å². The maximum Gasteiger partial charge on any atom is 0.246 e. The number of aliphatic hydroxyl groups is 4. The van der Waals surface area contributed by atoms with Crippen molar-refractivity contribution in [1.29, 1.82) is 0 Å². The number of aliphatic hydroxyl groups excluding tert-OH is 3. The highest BCUT2D eigenvalue weighted by Crippen LogP contribution is 2.32. The number of nitrogens with one attached hydrogen (secondary N) is 7. The lowest BCUT2D eigenvalue weighted by Gasteiger charge is -2.31. The molecule has 55 heavy (non-hydrogen) atoms. The first-order valence-corrected chi connectivity index (χ1v) is 18.9. The summed E-state index contributed by atoms with van der Waals surface area (Å²) >= 11 is 1.08. The number of thioether (sulfide) groups is 1. The second-order valence-electron chi connectivity index (χ2n) is 14.6. The van der Waals surface area contributed by atoms with E-state index in [0.29, 0.717) is 21.5 Å². The van der Waals surface area contributed by atoms with Gasteiger partial charge in [-0.3, -0.25) is 33.6 Å². The second-order valence-corrected chi connectivity index (χ2v) is 15.6. The van der Waals surface area contributed by atoms with E-state index in [9.17, 15) is 54.0 Å². The van der Waals surface area contributed by atoms with E-state index in [2.05, 4.69) is 36.9 Å². The predicted molar refractivity (Wildman–Crippen MR) is 196 cm³/mol. The monoisotopic (exact) mass is 788 g/mol. The van der Waals surface area contributed by atoms with Gasteiger partial charge >= 0.3 is 0 Å². The van der Waals surface area contributed by atoms with Gasteiger partial charge < -0.3 is 62.2 Å². The number of benzene rings is 1. The quantitative estimate of drug-likeness (QED) is 0.143. The lowest BCUT2D eigenvalue weighted by atomic mass is 9.96. The van der Waals surface area contributed by atoms with Gasteiger partial charge in [0.1, 0.15) is 42.3 Å². The van der Waals surface area contributed by atoms with E-state index >= 15 is 0 Å². The van der Waals surface area contributed by atoms with Crippen LogP contribution < -0.4 is 31.9 Å². The average Bonchev–Trinajstić information content (AvgIpc) is 3.69. The maximum atomic E-state index is 14.3. The molecule has 5 rings (SSSR count). The highest BCUT2D eigenvalue weighted by atomic mass is 32.2. The highest BCUT2D eigenvalue weighted by Gasteiger charge is 2.44. The van der Waals surface area contributed by atoms with Crippen LogP contribution in [0.25, 0.3) is 10.9 Å². The van der Waals surface area contributed by atoms with Crippen LogP contribution in [0.15, 0.2) is 29.3 Å². The van der Waals surface area contributed by atoms with Crippen molar-refractivity contribution in [2.45, 2.75) is 112 Å². The number of fused-ring (bicyclic) bond motifs is 5. The molecule has 1 aromatic heterocycles. The average molecular weight is 789 g/mol. The van der Waals surface area contributed by atoms with E-state index in [4.69, 9.17) is 0 Å². The zero-order chi connectivity index (χ0) is 40.4. The van der Waals surface area contributed by atoms with Crippen molar-refractivity contribution in [3.05, 3.63) is 29.8 Å². The summed E-state index contributed by atoms with van der Waals surface area (Å²) in [6, 6.07) is -2.86. The number of hydrogen-bond acceptors (Lipinski definition) is 12.